The molecule has 0 bridgehead atoms. The van der Waals surface area contributed by atoms with E-state index in [1.165, 1.54) is 11.5 Å². The number of rotatable bonds is 4. The molecule has 0 radical (unpaired) electrons. The van der Waals surface area contributed by atoms with Crippen LogP contribution >= 0.6 is 11.5 Å². The number of hydrogen-bond acceptors (Lipinski definition) is 5. The van der Waals surface area contributed by atoms with Crippen molar-refractivity contribution in [2.24, 2.45) is 0 Å². The molecule has 1 saturated heterocycles. The summed E-state index contributed by atoms with van der Waals surface area (Å²) >= 11 is 1.46. The predicted molar refractivity (Wildman–Crippen MR) is 89.2 cm³/mol. The lowest BCUT2D eigenvalue weighted by atomic mass is 9.91. The molecular formula is C17H20N4S. The summed E-state index contributed by atoms with van der Waals surface area (Å²) in [4.78, 5) is 6.96. The molecule has 3 rings (SSSR count). The summed E-state index contributed by atoms with van der Waals surface area (Å²) in [6.07, 6.45) is 2.13. The maximum atomic E-state index is 9.69. The van der Waals surface area contributed by atoms with E-state index in [9.17, 15) is 5.26 Å². The number of hydrogen-bond donors (Lipinski definition) is 0. The minimum atomic E-state index is -0.116. The number of aromatic nitrogens is 2. The van der Waals surface area contributed by atoms with Gasteiger partial charge in [-0.3, -0.25) is 0 Å². The highest BCUT2D eigenvalue weighted by Crippen LogP contribution is 2.35. The van der Waals surface area contributed by atoms with Gasteiger partial charge in [0, 0.05) is 24.0 Å². The van der Waals surface area contributed by atoms with E-state index in [1.54, 1.807) is 0 Å². The van der Waals surface area contributed by atoms with Crippen LogP contribution < -0.4 is 4.90 Å². The van der Waals surface area contributed by atoms with Gasteiger partial charge in [-0.25, -0.2) is 4.98 Å². The van der Waals surface area contributed by atoms with Crippen molar-refractivity contribution in [3.8, 4) is 6.07 Å². The van der Waals surface area contributed by atoms with Crippen LogP contribution in [0.15, 0.2) is 30.3 Å². The van der Waals surface area contributed by atoms with Crippen molar-refractivity contribution < 1.29 is 0 Å². The third-order valence-corrected chi connectivity index (χ3v) is 4.94. The maximum Gasteiger partial charge on any atom is 0.205 e. The van der Waals surface area contributed by atoms with E-state index >= 15 is 0 Å². The Bertz CT molecular complexity index is 659. The summed E-state index contributed by atoms with van der Waals surface area (Å²) in [6, 6.07) is 12.8. The normalized spacial score (nSPS) is 19.4. The van der Waals surface area contributed by atoms with Crippen LogP contribution in [-0.2, 0) is 0 Å². The fourth-order valence-electron chi connectivity index (χ4n) is 3.00. The summed E-state index contributed by atoms with van der Waals surface area (Å²) < 4.78 is 4.46. The van der Waals surface area contributed by atoms with E-state index in [2.05, 4.69) is 34.2 Å². The lowest BCUT2D eigenvalue weighted by Gasteiger charge is -2.27. The van der Waals surface area contributed by atoms with E-state index in [0.717, 1.165) is 35.9 Å². The standard InChI is InChI=1S/C17H20N4S/c1-12(2)16-19-17(22-20-16)21-10-6-9-15(21)14(11-18)13-7-4-3-5-8-13/h3-5,7-8,12,14-15H,6,9-10H2,1-2H3. The molecular weight excluding hydrogens is 292 g/mol. The molecule has 0 N–H and O–H groups in total. The molecule has 1 fully saturated rings. The molecule has 0 saturated carbocycles. The van der Waals surface area contributed by atoms with E-state index in [0.29, 0.717) is 5.92 Å². The zero-order chi connectivity index (χ0) is 15.5. The van der Waals surface area contributed by atoms with E-state index < -0.39 is 0 Å². The topological polar surface area (TPSA) is 52.8 Å². The second-order valence-electron chi connectivity index (χ2n) is 6.01. The molecule has 1 aromatic heterocycles. The van der Waals surface area contributed by atoms with Gasteiger partial charge in [-0.2, -0.15) is 9.64 Å². The Balaban J connectivity index is 1.87. The van der Waals surface area contributed by atoms with Crippen molar-refractivity contribution in [2.75, 3.05) is 11.4 Å². The minimum Gasteiger partial charge on any atom is -0.342 e. The molecule has 0 aliphatic carbocycles. The van der Waals surface area contributed by atoms with Gasteiger partial charge in [0.25, 0.3) is 0 Å². The van der Waals surface area contributed by atoms with Crippen LogP contribution in [0.5, 0.6) is 0 Å². The Hall–Kier alpha value is -1.93. The van der Waals surface area contributed by atoms with Crippen molar-refractivity contribution in [3.63, 3.8) is 0 Å². The van der Waals surface area contributed by atoms with Gasteiger partial charge in [0.15, 0.2) is 0 Å². The van der Waals surface area contributed by atoms with E-state index in [-0.39, 0.29) is 12.0 Å². The van der Waals surface area contributed by atoms with Crippen LogP contribution in [0.4, 0.5) is 5.13 Å². The molecule has 1 aromatic carbocycles. The SMILES string of the molecule is CC(C)c1nsc(N2CCCC2C(C#N)c2ccccc2)n1. The zero-order valence-corrected chi connectivity index (χ0v) is 13.8. The van der Waals surface area contributed by atoms with Gasteiger partial charge < -0.3 is 4.90 Å². The number of nitriles is 1. The smallest absolute Gasteiger partial charge is 0.205 e. The summed E-state index contributed by atoms with van der Waals surface area (Å²) in [5, 5.41) is 10.6. The Kier molecular flexibility index (Phi) is 4.39. The molecule has 2 heterocycles. The fraction of sp³-hybridized carbons (Fsp3) is 0.471. The third-order valence-electron chi connectivity index (χ3n) is 4.17. The molecule has 0 spiro atoms. The molecule has 2 unspecified atom stereocenters. The minimum absolute atomic E-state index is 0.116. The first-order chi connectivity index (χ1) is 10.7. The predicted octanol–water partition coefficient (Wildman–Crippen LogP) is 3.94. The summed E-state index contributed by atoms with van der Waals surface area (Å²) in [5.74, 6) is 1.13. The van der Waals surface area contributed by atoms with Crippen molar-refractivity contribution in [1.82, 2.24) is 9.36 Å². The monoisotopic (exact) mass is 312 g/mol. The molecule has 1 aliphatic heterocycles. The zero-order valence-electron chi connectivity index (χ0n) is 12.9. The van der Waals surface area contributed by atoms with Crippen LogP contribution in [-0.4, -0.2) is 21.9 Å². The van der Waals surface area contributed by atoms with Crippen LogP contribution in [0.3, 0.4) is 0 Å². The van der Waals surface area contributed by atoms with Crippen LogP contribution in [0.1, 0.15) is 49.9 Å². The van der Waals surface area contributed by atoms with Crippen LogP contribution in [0.25, 0.3) is 0 Å². The Morgan fingerprint density at radius 1 is 1.32 bits per heavy atom. The number of anilines is 1. The number of benzene rings is 1. The van der Waals surface area contributed by atoms with Gasteiger partial charge in [-0.15, -0.1) is 0 Å². The van der Waals surface area contributed by atoms with Gasteiger partial charge in [-0.1, -0.05) is 44.2 Å². The second kappa shape index (κ2) is 6.45. The van der Waals surface area contributed by atoms with Crippen molar-refractivity contribution in [3.05, 3.63) is 41.7 Å². The highest BCUT2D eigenvalue weighted by Gasteiger charge is 2.34. The van der Waals surface area contributed by atoms with Gasteiger partial charge in [-0.05, 0) is 18.4 Å². The third kappa shape index (κ3) is 2.84. The summed E-state index contributed by atoms with van der Waals surface area (Å²) in [6.45, 7) is 5.17. The van der Waals surface area contributed by atoms with E-state index in [4.69, 9.17) is 0 Å². The van der Waals surface area contributed by atoms with Crippen molar-refractivity contribution >= 4 is 16.7 Å². The Labute approximate surface area is 135 Å². The maximum absolute atomic E-state index is 9.69. The average Bonchev–Trinajstić information content (AvgIpc) is 3.18. The van der Waals surface area contributed by atoms with Gasteiger partial charge in [0.1, 0.15) is 5.82 Å². The second-order valence-corrected chi connectivity index (χ2v) is 6.74. The molecule has 2 aromatic rings. The van der Waals surface area contributed by atoms with E-state index in [1.807, 2.05) is 30.3 Å². The van der Waals surface area contributed by atoms with Gasteiger partial charge in [0.2, 0.25) is 5.13 Å². The first-order valence-electron chi connectivity index (χ1n) is 7.75. The highest BCUT2D eigenvalue weighted by molar-refractivity contribution is 7.09. The summed E-state index contributed by atoms with van der Waals surface area (Å²) in [5.41, 5.74) is 1.09. The molecule has 2 atom stereocenters. The Morgan fingerprint density at radius 2 is 2.09 bits per heavy atom. The average molecular weight is 312 g/mol. The lowest BCUT2D eigenvalue weighted by molar-refractivity contribution is 0.610. The Morgan fingerprint density at radius 3 is 2.73 bits per heavy atom. The molecule has 0 amide bonds. The summed E-state index contributed by atoms with van der Waals surface area (Å²) in [7, 11) is 0. The molecule has 22 heavy (non-hydrogen) atoms. The molecule has 114 valence electrons. The van der Waals surface area contributed by atoms with Gasteiger partial charge in [0.05, 0.1) is 18.0 Å². The largest absolute Gasteiger partial charge is 0.342 e. The lowest BCUT2D eigenvalue weighted by Crippen LogP contribution is -2.34. The molecule has 4 nitrogen and oxygen atoms in total. The number of nitrogens with zero attached hydrogens (tertiary/aromatic N) is 4. The quantitative estimate of drug-likeness (QED) is 0.858. The van der Waals surface area contributed by atoms with Crippen LogP contribution in [0.2, 0.25) is 0 Å². The first-order valence-corrected chi connectivity index (χ1v) is 8.53. The van der Waals surface area contributed by atoms with Crippen molar-refractivity contribution in [1.29, 1.82) is 5.26 Å². The van der Waals surface area contributed by atoms with Gasteiger partial charge >= 0.3 is 0 Å². The molecule has 1 aliphatic rings. The first kappa shape index (κ1) is 15.0. The van der Waals surface area contributed by atoms with Crippen LogP contribution in [0, 0.1) is 11.3 Å². The highest BCUT2D eigenvalue weighted by atomic mass is 32.1. The fourth-order valence-corrected chi connectivity index (χ4v) is 3.89. The molecule has 5 heteroatoms. The van der Waals surface area contributed by atoms with Crippen molar-refractivity contribution in [2.45, 2.75) is 44.6 Å².